The fraction of sp³-hybridized carbons (Fsp3) is 0.385. The maximum absolute atomic E-state index is 11.8. The first-order chi connectivity index (χ1) is 8.61. The number of oxime groups is 1. The molecule has 1 aromatic rings. The smallest absolute Gasteiger partial charge is 0.251 e. The summed E-state index contributed by atoms with van der Waals surface area (Å²) in [6, 6.07) is 6.64. The molecule has 1 amide bonds. The van der Waals surface area contributed by atoms with Crippen molar-refractivity contribution in [3.05, 3.63) is 35.4 Å². The summed E-state index contributed by atoms with van der Waals surface area (Å²) in [5.74, 6) is 1.31. The predicted octanol–water partition coefficient (Wildman–Crippen LogP) is 1.17. The van der Waals surface area contributed by atoms with Crippen LogP contribution in [0.5, 0.6) is 0 Å². The van der Waals surface area contributed by atoms with E-state index >= 15 is 0 Å². The van der Waals surface area contributed by atoms with E-state index < -0.39 is 0 Å². The average molecular weight is 247 g/mol. The Hall–Kier alpha value is -2.04. The summed E-state index contributed by atoms with van der Waals surface area (Å²) < 4.78 is 0. The topological polar surface area (TPSA) is 87.7 Å². The van der Waals surface area contributed by atoms with Gasteiger partial charge in [-0.25, -0.2) is 0 Å². The first-order valence-corrected chi connectivity index (χ1v) is 5.98. The van der Waals surface area contributed by atoms with E-state index in [1.54, 1.807) is 24.3 Å². The number of amidine groups is 1. The van der Waals surface area contributed by atoms with Crippen molar-refractivity contribution < 1.29 is 10.0 Å². The number of hydrogen-bond donors (Lipinski definition) is 3. The number of nitrogens with zero attached hydrogens (tertiary/aromatic N) is 1. The first kappa shape index (κ1) is 12.4. The second-order valence-corrected chi connectivity index (χ2v) is 4.75. The maximum atomic E-state index is 11.8. The van der Waals surface area contributed by atoms with Gasteiger partial charge in [0.25, 0.3) is 5.91 Å². The first-order valence-electron chi connectivity index (χ1n) is 5.98. The second kappa shape index (κ2) is 5.08. The van der Waals surface area contributed by atoms with Crippen molar-refractivity contribution in [1.82, 2.24) is 5.32 Å². The Kier molecular flexibility index (Phi) is 3.50. The summed E-state index contributed by atoms with van der Waals surface area (Å²) >= 11 is 0. The van der Waals surface area contributed by atoms with Crippen LogP contribution in [0.1, 0.15) is 29.3 Å². The van der Waals surface area contributed by atoms with Gasteiger partial charge in [0.2, 0.25) is 0 Å². The van der Waals surface area contributed by atoms with E-state index in [0.29, 0.717) is 17.0 Å². The van der Waals surface area contributed by atoms with Crippen molar-refractivity contribution in [2.75, 3.05) is 6.54 Å². The van der Waals surface area contributed by atoms with Gasteiger partial charge < -0.3 is 16.3 Å². The Morgan fingerprint density at radius 1 is 1.44 bits per heavy atom. The third-order valence-electron chi connectivity index (χ3n) is 3.35. The Balaban J connectivity index is 1.94. The third-order valence-corrected chi connectivity index (χ3v) is 3.35. The van der Waals surface area contributed by atoms with Gasteiger partial charge in [0.1, 0.15) is 0 Å². The van der Waals surface area contributed by atoms with Gasteiger partial charge in [0, 0.05) is 17.7 Å². The van der Waals surface area contributed by atoms with E-state index in [-0.39, 0.29) is 11.7 Å². The van der Waals surface area contributed by atoms with E-state index in [1.165, 1.54) is 6.42 Å². The van der Waals surface area contributed by atoms with E-state index in [0.717, 1.165) is 12.5 Å². The van der Waals surface area contributed by atoms with E-state index in [1.807, 2.05) is 0 Å². The molecule has 1 fully saturated rings. The number of benzene rings is 1. The van der Waals surface area contributed by atoms with E-state index in [4.69, 9.17) is 10.9 Å². The lowest BCUT2D eigenvalue weighted by Crippen LogP contribution is -2.26. The molecule has 0 aliphatic heterocycles. The highest BCUT2D eigenvalue weighted by Crippen LogP contribution is 2.36. The van der Waals surface area contributed by atoms with E-state index in [9.17, 15) is 4.79 Å². The molecule has 0 aromatic heterocycles. The van der Waals surface area contributed by atoms with Crippen molar-refractivity contribution in [2.24, 2.45) is 22.7 Å². The maximum Gasteiger partial charge on any atom is 0.251 e. The van der Waals surface area contributed by atoms with Crippen LogP contribution in [-0.4, -0.2) is 23.5 Å². The fourth-order valence-electron chi connectivity index (χ4n) is 1.86. The molecular weight excluding hydrogens is 230 g/mol. The Morgan fingerprint density at radius 3 is 2.50 bits per heavy atom. The van der Waals surface area contributed by atoms with Gasteiger partial charge in [-0.15, -0.1) is 0 Å². The number of nitrogens with two attached hydrogens (primary N) is 1. The third kappa shape index (κ3) is 2.80. The number of nitrogens with one attached hydrogen (secondary N) is 1. The molecule has 1 aromatic carbocycles. The summed E-state index contributed by atoms with van der Waals surface area (Å²) in [6.07, 6.45) is 1.20. The molecule has 1 aliphatic carbocycles. The molecule has 18 heavy (non-hydrogen) atoms. The monoisotopic (exact) mass is 247 g/mol. The molecule has 0 saturated heterocycles. The molecule has 2 unspecified atom stereocenters. The molecule has 0 bridgehead atoms. The van der Waals surface area contributed by atoms with Gasteiger partial charge in [-0.1, -0.05) is 24.2 Å². The number of hydrogen-bond acceptors (Lipinski definition) is 3. The van der Waals surface area contributed by atoms with Crippen molar-refractivity contribution in [3.63, 3.8) is 0 Å². The summed E-state index contributed by atoms with van der Waals surface area (Å²) in [5.41, 5.74) is 6.61. The molecular formula is C13H17N3O2. The van der Waals surface area contributed by atoms with E-state index in [2.05, 4.69) is 17.4 Å². The lowest BCUT2D eigenvalue weighted by molar-refractivity contribution is 0.0951. The number of rotatable bonds is 4. The van der Waals surface area contributed by atoms with Crippen molar-refractivity contribution >= 4 is 11.7 Å². The molecule has 96 valence electrons. The minimum Gasteiger partial charge on any atom is -0.409 e. The summed E-state index contributed by atoms with van der Waals surface area (Å²) in [4.78, 5) is 11.8. The zero-order valence-corrected chi connectivity index (χ0v) is 10.3. The van der Waals surface area contributed by atoms with Crippen LogP contribution >= 0.6 is 0 Å². The Morgan fingerprint density at radius 2 is 2.00 bits per heavy atom. The van der Waals surface area contributed by atoms with Gasteiger partial charge in [-0.2, -0.15) is 0 Å². The van der Waals surface area contributed by atoms with Crippen LogP contribution < -0.4 is 11.1 Å². The minimum atomic E-state index is -0.0832. The molecule has 5 heteroatoms. The zero-order valence-electron chi connectivity index (χ0n) is 10.3. The van der Waals surface area contributed by atoms with Gasteiger partial charge in [0.15, 0.2) is 5.84 Å². The summed E-state index contributed by atoms with van der Waals surface area (Å²) in [7, 11) is 0. The normalized spacial score (nSPS) is 22.6. The molecule has 2 atom stereocenters. The largest absolute Gasteiger partial charge is 0.409 e. The SMILES string of the molecule is CC1CC1CNC(=O)c1ccc(/C(N)=N/O)cc1. The highest BCUT2D eigenvalue weighted by Gasteiger charge is 2.32. The average Bonchev–Trinajstić information content (AvgIpc) is 3.11. The molecule has 0 spiro atoms. The van der Waals surface area contributed by atoms with Gasteiger partial charge in [-0.05, 0) is 30.4 Å². The van der Waals surface area contributed by atoms with Gasteiger partial charge >= 0.3 is 0 Å². The minimum absolute atomic E-state index is 0.0359. The molecule has 0 heterocycles. The summed E-state index contributed by atoms with van der Waals surface area (Å²) in [6.45, 7) is 2.92. The summed E-state index contributed by atoms with van der Waals surface area (Å²) in [5, 5.41) is 14.3. The molecule has 4 N–H and O–H groups in total. The van der Waals surface area contributed by atoms with Crippen molar-refractivity contribution in [1.29, 1.82) is 0 Å². The van der Waals surface area contributed by atoms with Crippen LogP contribution in [0.3, 0.4) is 0 Å². The molecule has 2 rings (SSSR count). The molecule has 5 nitrogen and oxygen atoms in total. The van der Waals surface area contributed by atoms with Crippen LogP contribution in [0.4, 0.5) is 0 Å². The van der Waals surface area contributed by atoms with Crippen LogP contribution in [0.2, 0.25) is 0 Å². The second-order valence-electron chi connectivity index (χ2n) is 4.75. The number of carbonyl (C=O) groups excluding carboxylic acids is 1. The van der Waals surface area contributed by atoms with Crippen LogP contribution in [0, 0.1) is 11.8 Å². The Labute approximate surface area is 106 Å². The number of carbonyl (C=O) groups is 1. The van der Waals surface area contributed by atoms with Crippen LogP contribution in [-0.2, 0) is 0 Å². The lowest BCUT2D eigenvalue weighted by Gasteiger charge is -2.05. The van der Waals surface area contributed by atoms with Gasteiger partial charge in [-0.3, -0.25) is 4.79 Å². The van der Waals surface area contributed by atoms with Crippen molar-refractivity contribution in [2.45, 2.75) is 13.3 Å². The van der Waals surface area contributed by atoms with Gasteiger partial charge in [0.05, 0.1) is 0 Å². The quantitative estimate of drug-likeness (QED) is 0.323. The van der Waals surface area contributed by atoms with Crippen LogP contribution in [0.15, 0.2) is 29.4 Å². The Bertz CT molecular complexity index is 468. The number of amides is 1. The fourth-order valence-corrected chi connectivity index (χ4v) is 1.86. The molecule has 0 radical (unpaired) electrons. The zero-order chi connectivity index (χ0) is 13.1. The highest BCUT2D eigenvalue weighted by atomic mass is 16.4. The van der Waals surface area contributed by atoms with Crippen LogP contribution in [0.25, 0.3) is 0 Å². The predicted molar refractivity (Wildman–Crippen MR) is 68.6 cm³/mol. The standard InChI is InChI=1S/C13H17N3O2/c1-8-6-11(8)7-15-13(17)10-4-2-9(3-5-10)12(14)16-18/h2-5,8,11,18H,6-7H2,1H3,(H2,14,16)(H,15,17). The highest BCUT2D eigenvalue weighted by molar-refractivity contribution is 5.99. The van der Waals surface area contributed by atoms with Crippen molar-refractivity contribution in [3.8, 4) is 0 Å². The lowest BCUT2D eigenvalue weighted by atomic mass is 10.1. The molecule has 1 saturated carbocycles. The molecule has 1 aliphatic rings.